The molecule has 0 N–H and O–H groups in total. The van der Waals surface area contributed by atoms with Crippen LogP contribution in [-0.4, -0.2) is 34.9 Å². The first kappa shape index (κ1) is 18.2. The van der Waals surface area contributed by atoms with Crippen LogP contribution >= 0.6 is 23.4 Å². The molecule has 3 rings (SSSR count). The number of pyridine rings is 1. The Hall–Kier alpha value is -1.62. The van der Waals surface area contributed by atoms with Crippen LogP contribution in [0.25, 0.3) is 12.8 Å². The van der Waals surface area contributed by atoms with Gasteiger partial charge in [0, 0.05) is 47.0 Å². The molecule has 0 radical (unpaired) electrons. The Morgan fingerprint density at radius 1 is 1.36 bits per heavy atom. The van der Waals surface area contributed by atoms with Crippen LogP contribution in [-0.2, 0) is 6.54 Å². The van der Waals surface area contributed by atoms with Gasteiger partial charge in [0.05, 0.1) is 5.02 Å². The van der Waals surface area contributed by atoms with E-state index in [1.54, 1.807) is 6.20 Å². The molecule has 0 saturated carbocycles. The molecule has 130 valence electrons. The summed E-state index contributed by atoms with van der Waals surface area (Å²) in [5, 5.41) is 3.16. The van der Waals surface area contributed by atoms with Gasteiger partial charge in [-0.1, -0.05) is 18.2 Å². The van der Waals surface area contributed by atoms with E-state index in [2.05, 4.69) is 46.4 Å². The Morgan fingerprint density at radius 2 is 2.16 bits per heavy atom. The summed E-state index contributed by atoms with van der Waals surface area (Å²) in [5.74, 6) is 0. The van der Waals surface area contributed by atoms with Crippen LogP contribution < -0.4 is 10.4 Å². The Morgan fingerprint density at radius 3 is 2.92 bits per heavy atom. The van der Waals surface area contributed by atoms with Crippen LogP contribution in [0.5, 0.6) is 0 Å². The molecule has 0 aliphatic carbocycles. The molecule has 1 aliphatic rings. The number of hydrogen-bond donors (Lipinski definition) is 0. The van der Waals surface area contributed by atoms with Gasteiger partial charge < -0.3 is 0 Å². The Labute approximate surface area is 158 Å². The van der Waals surface area contributed by atoms with Crippen LogP contribution in [0.1, 0.15) is 18.4 Å². The quantitative estimate of drug-likeness (QED) is 0.755. The van der Waals surface area contributed by atoms with Crippen LogP contribution in [0.3, 0.4) is 0 Å². The van der Waals surface area contributed by atoms with Crippen molar-refractivity contribution in [2.75, 3.05) is 13.1 Å². The number of nitrogens with zero attached hydrogens (tertiary/aromatic N) is 3. The fourth-order valence-electron chi connectivity index (χ4n) is 3.10. The van der Waals surface area contributed by atoms with E-state index in [1.807, 2.05) is 30.2 Å². The highest BCUT2D eigenvalue weighted by Gasteiger charge is 2.21. The van der Waals surface area contributed by atoms with Crippen molar-refractivity contribution in [3.8, 4) is 0 Å². The molecule has 5 heteroatoms. The molecule has 2 heterocycles. The molecule has 1 atom stereocenters. The number of aromatic nitrogens is 1. The molecule has 0 bridgehead atoms. The SMILES string of the molecule is C=N/C=c1/cc(Cl)c(SC2CCCN(Cc3ccncc3)C2)cc1=C. The third-order valence-electron chi connectivity index (χ3n) is 4.34. The summed E-state index contributed by atoms with van der Waals surface area (Å²) in [7, 11) is 0. The monoisotopic (exact) mass is 371 g/mol. The number of benzene rings is 1. The van der Waals surface area contributed by atoms with E-state index in [9.17, 15) is 0 Å². The van der Waals surface area contributed by atoms with Crippen LogP contribution in [0.4, 0.5) is 0 Å². The molecule has 0 spiro atoms. The summed E-state index contributed by atoms with van der Waals surface area (Å²) in [6, 6.07) is 8.17. The van der Waals surface area contributed by atoms with Gasteiger partial charge in [0.2, 0.25) is 0 Å². The number of piperidine rings is 1. The second-order valence-electron chi connectivity index (χ2n) is 6.27. The summed E-state index contributed by atoms with van der Waals surface area (Å²) in [4.78, 5) is 11.5. The zero-order valence-electron chi connectivity index (χ0n) is 14.2. The van der Waals surface area contributed by atoms with Crippen LogP contribution in [0, 0.1) is 0 Å². The predicted octanol–water partition coefficient (Wildman–Crippen LogP) is 3.34. The van der Waals surface area contributed by atoms with E-state index in [0.717, 1.165) is 40.0 Å². The summed E-state index contributed by atoms with van der Waals surface area (Å²) < 4.78 is 0. The van der Waals surface area contributed by atoms with Crippen molar-refractivity contribution in [2.45, 2.75) is 29.5 Å². The highest BCUT2D eigenvalue weighted by molar-refractivity contribution is 8.00. The normalized spacial score (nSPS) is 19.1. The zero-order chi connectivity index (χ0) is 17.6. The lowest BCUT2D eigenvalue weighted by Gasteiger charge is -2.32. The van der Waals surface area contributed by atoms with E-state index < -0.39 is 0 Å². The first-order valence-corrected chi connectivity index (χ1v) is 9.64. The summed E-state index contributed by atoms with van der Waals surface area (Å²) in [6.07, 6.45) is 7.83. The van der Waals surface area contributed by atoms with E-state index >= 15 is 0 Å². The standard InChI is InChI=1S/C20H22ClN3S/c1-15-10-20(19(21)11-17(15)12-22-2)25-18-4-3-9-24(14-18)13-16-5-7-23-8-6-16/h5-8,10-12,18H,1-4,9,13-14H2/b17-12-. The third-order valence-corrected chi connectivity index (χ3v) is 6.07. The third kappa shape index (κ3) is 4.94. The van der Waals surface area contributed by atoms with Crippen molar-refractivity contribution < 1.29 is 0 Å². The number of aliphatic imine (C=N–C) groups is 1. The molecule has 1 unspecified atom stereocenters. The van der Waals surface area contributed by atoms with E-state index in [-0.39, 0.29) is 0 Å². The van der Waals surface area contributed by atoms with Crippen molar-refractivity contribution in [3.05, 3.63) is 57.7 Å². The Kier molecular flexibility index (Phi) is 6.29. The number of likely N-dealkylation sites (tertiary alicyclic amines) is 1. The fourth-order valence-corrected chi connectivity index (χ4v) is 4.72. The van der Waals surface area contributed by atoms with Crippen molar-refractivity contribution in [2.24, 2.45) is 4.99 Å². The van der Waals surface area contributed by atoms with Crippen molar-refractivity contribution in [1.82, 2.24) is 9.88 Å². The molecule has 1 aromatic heterocycles. The van der Waals surface area contributed by atoms with Gasteiger partial charge in [0.1, 0.15) is 0 Å². The lowest BCUT2D eigenvalue weighted by atomic mass is 10.1. The molecular formula is C20H22ClN3S. The fraction of sp³-hybridized carbons (Fsp3) is 0.300. The second kappa shape index (κ2) is 8.65. The van der Waals surface area contributed by atoms with Gasteiger partial charge in [-0.05, 0) is 61.2 Å². The molecule has 2 aromatic rings. The van der Waals surface area contributed by atoms with Gasteiger partial charge in [-0.25, -0.2) is 0 Å². The summed E-state index contributed by atoms with van der Waals surface area (Å²) in [6.45, 7) is 10.8. The van der Waals surface area contributed by atoms with Gasteiger partial charge in [-0.2, -0.15) is 0 Å². The Bertz CT molecular complexity index is 838. The van der Waals surface area contributed by atoms with Gasteiger partial charge in [-0.3, -0.25) is 14.9 Å². The highest BCUT2D eigenvalue weighted by Crippen LogP contribution is 2.33. The molecule has 3 nitrogen and oxygen atoms in total. The minimum Gasteiger partial charge on any atom is -0.298 e. The molecule has 1 saturated heterocycles. The first-order valence-electron chi connectivity index (χ1n) is 8.38. The smallest absolute Gasteiger partial charge is 0.0548 e. The molecule has 1 aromatic carbocycles. The van der Waals surface area contributed by atoms with Crippen molar-refractivity contribution in [1.29, 1.82) is 0 Å². The topological polar surface area (TPSA) is 28.5 Å². The minimum atomic E-state index is 0.542. The first-order chi connectivity index (χ1) is 12.2. The molecule has 1 fully saturated rings. The van der Waals surface area contributed by atoms with E-state index in [0.29, 0.717) is 5.25 Å². The van der Waals surface area contributed by atoms with Crippen LogP contribution in [0.2, 0.25) is 5.02 Å². The summed E-state index contributed by atoms with van der Waals surface area (Å²) >= 11 is 8.33. The molecule has 25 heavy (non-hydrogen) atoms. The maximum Gasteiger partial charge on any atom is 0.0548 e. The lowest BCUT2D eigenvalue weighted by molar-refractivity contribution is 0.226. The van der Waals surface area contributed by atoms with E-state index in [4.69, 9.17) is 11.6 Å². The van der Waals surface area contributed by atoms with E-state index in [1.165, 1.54) is 18.4 Å². The average molecular weight is 372 g/mol. The largest absolute Gasteiger partial charge is 0.298 e. The summed E-state index contributed by atoms with van der Waals surface area (Å²) in [5.41, 5.74) is 1.32. The van der Waals surface area contributed by atoms with Crippen molar-refractivity contribution in [3.63, 3.8) is 0 Å². The zero-order valence-corrected chi connectivity index (χ0v) is 15.8. The average Bonchev–Trinajstić information content (AvgIpc) is 2.61. The number of halogens is 1. The number of hydrogen-bond acceptors (Lipinski definition) is 4. The second-order valence-corrected chi connectivity index (χ2v) is 8.02. The Balaban J connectivity index is 1.69. The predicted molar refractivity (Wildman–Crippen MR) is 109 cm³/mol. The van der Waals surface area contributed by atoms with Gasteiger partial charge in [0.15, 0.2) is 0 Å². The number of rotatable bonds is 5. The van der Waals surface area contributed by atoms with Crippen molar-refractivity contribution >= 4 is 42.9 Å². The minimum absolute atomic E-state index is 0.542. The number of thioether (sulfide) groups is 1. The maximum atomic E-state index is 6.47. The van der Waals surface area contributed by atoms with Gasteiger partial charge in [0.25, 0.3) is 0 Å². The molecule has 1 aliphatic heterocycles. The molecule has 0 amide bonds. The van der Waals surface area contributed by atoms with Gasteiger partial charge in [-0.15, -0.1) is 11.8 Å². The van der Waals surface area contributed by atoms with Gasteiger partial charge >= 0.3 is 0 Å². The molecular weight excluding hydrogens is 350 g/mol. The lowest BCUT2D eigenvalue weighted by Crippen LogP contribution is -2.36. The maximum absolute atomic E-state index is 6.47. The highest BCUT2D eigenvalue weighted by atomic mass is 35.5. The van der Waals surface area contributed by atoms with Crippen LogP contribution in [0.15, 0.2) is 46.5 Å².